The molecule has 0 spiro atoms. The molecule has 0 unspecified atom stereocenters. The van der Waals surface area contributed by atoms with Crippen LogP contribution in [-0.2, 0) is 13.0 Å². The van der Waals surface area contributed by atoms with Gasteiger partial charge in [-0.25, -0.2) is 0 Å². The van der Waals surface area contributed by atoms with Crippen LogP contribution < -0.4 is 10.1 Å². The van der Waals surface area contributed by atoms with E-state index in [0.717, 1.165) is 30.3 Å². The van der Waals surface area contributed by atoms with E-state index < -0.39 is 0 Å². The Balaban J connectivity index is 1.81. The number of para-hydroxylation sites is 1. The van der Waals surface area contributed by atoms with Gasteiger partial charge >= 0.3 is 0 Å². The largest absolute Gasteiger partial charge is 0.496 e. The average Bonchev–Trinajstić information content (AvgIpc) is 2.44. The summed E-state index contributed by atoms with van der Waals surface area (Å²) in [5.74, 6) is 0.951. The lowest BCUT2D eigenvalue weighted by atomic mass is 10.1. The summed E-state index contributed by atoms with van der Waals surface area (Å²) in [6.07, 6.45) is 0.949. The van der Waals surface area contributed by atoms with Crippen molar-refractivity contribution in [3.05, 3.63) is 64.7 Å². The predicted molar refractivity (Wildman–Crippen MR) is 79.9 cm³/mol. The third kappa shape index (κ3) is 4.27. The molecule has 0 aliphatic carbocycles. The van der Waals surface area contributed by atoms with Crippen molar-refractivity contribution in [2.75, 3.05) is 13.7 Å². The molecule has 0 fully saturated rings. The zero-order valence-electron chi connectivity index (χ0n) is 11.0. The van der Waals surface area contributed by atoms with Gasteiger partial charge in [0.05, 0.1) is 7.11 Å². The quantitative estimate of drug-likeness (QED) is 0.812. The number of hydrogen-bond donors (Lipinski definition) is 1. The van der Waals surface area contributed by atoms with E-state index >= 15 is 0 Å². The molecule has 100 valence electrons. The highest BCUT2D eigenvalue weighted by Crippen LogP contribution is 2.17. The second kappa shape index (κ2) is 7.17. The van der Waals surface area contributed by atoms with Crippen LogP contribution in [0.4, 0.5) is 0 Å². The molecular formula is C16H18ClNO. The fourth-order valence-corrected chi connectivity index (χ4v) is 2.23. The van der Waals surface area contributed by atoms with E-state index in [9.17, 15) is 0 Å². The van der Waals surface area contributed by atoms with Crippen LogP contribution in [0.1, 0.15) is 11.1 Å². The molecule has 0 saturated carbocycles. The molecule has 0 aliphatic heterocycles. The summed E-state index contributed by atoms with van der Waals surface area (Å²) in [6.45, 7) is 1.74. The molecule has 19 heavy (non-hydrogen) atoms. The summed E-state index contributed by atoms with van der Waals surface area (Å²) in [5.41, 5.74) is 2.43. The van der Waals surface area contributed by atoms with Gasteiger partial charge in [0.2, 0.25) is 0 Å². The Kier molecular flexibility index (Phi) is 5.25. The van der Waals surface area contributed by atoms with E-state index in [4.69, 9.17) is 16.3 Å². The van der Waals surface area contributed by atoms with Crippen molar-refractivity contribution in [1.29, 1.82) is 0 Å². The van der Waals surface area contributed by atoms with Crippen molar-refractivity contribution in [1.82, 2.24) is 5.32 Å². The van der Waals surface area contributed by atoms with Crippen molar-refractivity contribution in [3.8, 4) is 5.75 Å². The van der Waals surface area contributed by atoms with Crippen LogP contribution in [0, 0.1) is 0 Å². The van der Waals surface area contributed by atoms with Crippen LogP contribution in [0.2, 0.25) is 5.02 Å². The molecule has 0 amide bonds. The van der Waals surface area contributed by atoms with Crippen molar-refractivity contribution in [3.63, 3.8) is 0 Å². The fourth-order valence-electron chi connectivity index (χ4n) is 2.01. The number of rotatable bonds is 6. The lowest BCUT2D eigenvalue weighted by molar-refractivity contribution is 0.409. The Bertz CT molecular complexity index is 528. The number of nitrogens with one attached hydrogen (secondary N) is 1. The van der Waals surface area contributed by atoms with Crippen molar-refractivity contribution < 1.29 is 4.74 Å². The van der Waals surface area contributed by atoms with Gasteiger partial charge in [-0.05, 0) is 42.3 Å². The topological polar surface area (TPSA) is 21.3 Å². The fraction of sp³-hybridized carbons (Fsp3) is 0.250. The lowest BCUT2D eigenvalue weighted by Gasteiger charge is -2.09. The zero-order valence-corrected chi connectivity index (χ0v) is 11.8. The molecule has 2 rings (SSSR count). The van der Waals surface area contributed by atoms with Crippen LogP contribution in [0.5, 0.6) is 5.75 Å². The Morgan fingerprint density at radius 1 is 1.11 bits per heavy atom. The third-order valence-corrected chi connectivity index (χ3v) is 3.22. The van der Waals surface area contributed by atoms with Gasteiger partial charge in [0.25, 0.3) is 0 Å². The minimum Gasteiger partial charge on any atom is -0.496 e. The molecule has 1 N–H and O–H groups in total. The molecule has 0 bridgehead atoms. The van der Waals surface area contributed by atoms with Crippen molar-refractivity contribution >= 4 is 11.6 Å². The van der Waals surface area contributed by atoms with E-state index in [1.807, 2.05) is 36.4 Å². The lowest BCUT2D eigenvalue weighted by Crippen LogP contribution is -2.16. The molecule has 2 aromatic carbocycles. The van der Waals surface area contributed by atoms with Gasteiger partial charge in [0.15, 0.2) is 0 Å². The molecule has 3 heteroatoms. The van der Waals surface area contributed by atoms with Crippen LogP contribution in [0.3, 0.4) is 0 Å². The highest BCUT2D eigenvalue weighted by atomic mass is 35.5. The number of hydrogen-bond acceptors (Lipinski definition) is 2. The predicted octanol–water partition coefficient (Wildman–Crippen LogP) is 3.68. The van der Waals surface area contributed by atoms with Gasteiger partial charge in [-0.15, -0.1) is 0 Å². The van der Waals surface area contributed by atoms with Gasteiger partial charge in [-0.2, -0.15) is 0 Å². The summed E-state index contributed by atoms with van der Waals surface area (Å²) in [6, 6.07) is 16.0. The first-order valence-electron chi connectivity index (χ1n) is 6.36. The molecule has 0 aromatic heterocycles. The SMILES string of the molecule is COc1ccccc1CCNCc1cccc(Cl)c1. The Labute approximate surface area is 119 Å². The van der Waals surface area contributed by atoms with Crippen LogP contribution in [0.15, 0.2) is 48.5 Å². The van der Waals surface area contributed by atoms with Crippen molar-refractivity contribution in [2.24, 2.45) is 0 Å². The highest BCUT2D eigenvalue weighted by Gasteiger charge is 2.01. The normalized spacial score (nSPS) is 10.4. The maximum absolute atomic E-state index is 5.95. The molecule has 0 atom stereocenters. The van der Waals surface area contributed by atoms with Gasteiger partial charge in [-0.3, -0.25) is 0 Å². The average molecular weight is 276 g/mol. The van der Waals surface area contributed by atoms with Gasteiger partial charge < -0.3 is 10.1 Å². The van der Waals surface area contributed by atoms with Gasteiger partial charge in [0.1, 0.15) is 5.75 Å². The first kappa shape index (κ1) is 13.9. The molecular weight excluding hydrogens is 258 g/mol. The third-order valence-electron chi connectivity index (χ3n) is 2.98. The zero-order chi connectivity index (χ0) is 13.5. The number of halogens is 1. The van der Waals surface area contributed by atoms with Crippen LogP contribution >= 0.6 is 11.6 Å². The second-order valence-corrected chi connectivity index (χ2v) is 4.80. The van der Waals surface area contributed by atoms with E-state index in [0.29, 0.717) is 0 Å². The van der Waals surface area contributed by atoms with E-state index in [-0.39, 0.29) is 0 Å². The highest BCUT2D eigenvalue weighted by molar-refractivity contribution is 6.30. The summed E-state index contributed by atoms with van der Waals surface area (Å²) in [5, 5.41) is 4.20. The van der Waals surface area contributed by atoms with Crippen LogP contribution in [-0.4, -0.2) is 13.7 Å². The molecule has 2 nitrogen and oxygen atoms in total. The van der Waals surface area contributed by atoms with Gasteiger partial charge in [-0.1, -0.05) is 41.9 Å². The maximum atomic E-state index is 5.95. The Morgan fingerprint density at radius 3 is 2.74 bits per heavy atom. The first-order chi connectivity index (χ1) is 9.29. The minimum absolute atomic E-state index is 0.782. The molecule has 2 aromatic rings. The van der Waals surface area contributed by atoms with E-state index in [1.165, 1.54) is 11.1 Å². The van der Waals surface area contributed by atoms with E-state index in [2.05, 4.69) is 17.4 Å². The number of methoxy groups -OCH3 is 1. The summed E-state index contributed by atoms with van der Waals surface area (Å²) in [4.78, 5) is 0. The van der Waals surface area contributed by atoms with Gasteiger partial charge in [0, 0.05) is 11.6 Å². The standard InChI is InChI=1S/C16H18ClNO/c1-19-16-8-3-2-6-14(16)9-10-18-12-13-5-4-7-15(17)11-13/h2-8,11,18H,9-10,12H2,1H3. The molecule has 0 saturated heterocycles. The maximum Gasteiger partial charge on any atom is 0.122 e. The smallest absolute Gasteiger partial charge is 0.122 e. The van der Waals surface area contributed by atoms with Crippen LogP contribution in [0.25, 0.3) is 0 Å². The van der Waals surface area contributed by atoms with Crippen molar-refractivity contribution in [2.45, 2.75) is 13.0 Å². The summed E-state index contributed by atoms with van der Waals surface area (Å²) < 4.78 is 5.33. The second-order valence-electron chi connectivity index (χ2n) is 4.37. The first-order valence-corrected chi connectivity index (χ1v) is 6.74. The summed E-state index contributed by atoms with van der Waals surface area (Å²) in [7, 11) is 1.71. The van der Waals surface area contributed by atoms with E-state index in [1.54, 1.807) is 7.11 Å². The molecule has 0 aliphatic rings. The molecule has 0 heterocycles. The minimum atomic E-state index is 0.782. The Morgan fingerprint density at radius 2 is 1.95 bits per heavy atom. The Hall–Kier alpha value is -1.51. The molecule has 0 radical (unpaired) electrons. The number of ether oxygens (including phenoxy) is 1. The summed E-state index contributed by atoms with van der Waals surface area (Å²) >= 11 is 5.95. The number of benzene rings is 2. The monoisotopic (exact) mass is 275 g/mol.